The molecule has 4 heteroatoms. The lowest BCUT2D eigenvalue weighted by molar-refractivity contribution is 1.37. The van der Waals surface area contributed by atoms with E-state index in [1.165, 1.54) is 26.9 Å². The molecule has 0 atom stereocenters. The summed E-state index contributed by atoms with van der Waals surface area (Å²) in [6.45, 7) is 0. The molecule has 4 heterocycles. The Morgan fingerprint density at radius 3 is 1.22 bits per heavy atom. The second-order valence-corrected chi connectivity index (χ2v) is 11.9. The molecule has 0 saturated carbocycles. The van der Waals surface area contributed by atoms with Gasteiger partial charge in [-0.05, 0) is 68.7 Å². The summed E-state index contributed by atoms with van der Waals surface area (Å²) in [5.74, 6) is 0. The van der Waals surface area contributed by atoms with Gasteiger partial charge in [-0.3, -0.25) is 9.97 Å². The number of pyridine rings is 4. The number of aromatic nitrogens is 4. The Kier molecular flexibility index (Phi) is 5.25. The maximum atomic E-state index is 5.25. The van der Waals surface area contributed by atoms with Crippen molar-refractivity contribution in [2.75, 3.05) is 0 Å². The van der Waals surface area contributed by atoms with Crippen LogP contribution in [0.1, 0.15) is 0 Å². The van der Waals surface area contributed by atoms with E-state index in [1.807, 2.05) is 24.5 Å². The van der Waals surface area contributed by atoms with Crippen molar-refractivity contribution in [1.29, 1.82) is 0 Å². The predicted molar refractivity (Wildman–Crippen MR) is 191 cm³/mol. The highest BCUT2D eigenvalue weighted by molar-refractivity contribution is 6.25. The number of benzene rings is 6. The minimum Gasteiger partial charge on any atom is -0.254 e. The Balaban J connectivity index is 1.29. The first-order valence-electron chi connectivity index (χ1n) is 15.5. The number of rotatable bonds is 2. The van der Waals surface area contributed by atoms with Gasteiger partial charge in [-0.25, -0.2) is 9.97 Å². The summed E-state index contributed by atoms with van der Waals surface area (Å²) in [6, 6.07) is 47.2. The van der Waals surface area contributed by atoms with Gasteiger partial charge in [0, 0.05) is 45.1 Å². The lowest BCUT2D eigenvalue weighted by atomic mass is 9.89. The van der Waals surface area contributed by atoms with E-state index in [2.05, 4.69) is 121 Å². The van der Waals surface area contributed by atoms with Gasteiger partial charge in [0.1, 0.15) is 0 Å². The van der Waals surface area contributed by atoms with Crippen LogP contribution >= 0.6 is 0 Å². The van der Waals surface area contributed by atoms with E-state index >= 15 is 0 Å². The first-order valence-corrected chi connectivity index (χ1v) is 15.5. The standard InChI is InChI=1S/C42H24N4/c1-3-11-32-30(9-1)34(36-19-17-27-15-13-25-7-5-21-43-39(25)41(27)45-36)23-29-24-35(31-10-2-4-12-33(31)38(29)32)37-20-18-28-16-14-26-8-6-22-44-40(26)42(28)46-37/h1-24H. The van der Waals surface area contributed by atoms with E-state index in [9.17, 15) is 0 Å². The minimum absolute atomic E-state index is 0.917. The summed E-state index contributed by atoms with van der Waals surface area (Å²) in [5, 5.41) is 11.5. The highest BCUT2D eigenvalue weighted by Crippen LogP contribution is 2.42. The molecule has 0 aliphatic heterocycles. The number of nitrogens with zero attached hydrogens (tertiary/aromatic N) is 4. The zero-order valence-corrected chi connectivity index (χ0v) is 24.6. The zero-order valence-electron chi connectivity index (χ0n) is 24.6. The summed E-state index contributed by atoms with van der Waals surface area (Å²) in [5.41, 5.74) is 7.73. The average Bonchev–Trinajstić information content (AvgIpc) is 3.13. The van der Waals surface area contributed by atoms with Crippen molar-refractivity contribution >= 4 is 75.9 Å². The van der Waals surface area contributed by atoms with E-state index in [-0.39, 0.29) is 0 Å². The average molecular weight is 585 g/mol. The first kappa shape index (κ1) is 25.1. The molecule has 6 aromatic carbocycles. The summed E-state index contributed by atoms with van der Waals surface area (Å²) >= 11 is 0. The molecule has 0 amide bonds. The molecule has 0 spiro atoms. The van der Waals surface area contributed by atoms with Crippen LogP contribution in [0.25, 0.3) is 98.4 Å². The highest BCUT2D eigenvalue weighted by Gasteiger charge is 2.17. The third kappa shape index (κ3) is 3.67. The normalized spacial score (nSPS) is 11.9. The van der Waals surface area contributed by atoms with Gasteiger partial charge in [0.15, 0.2) is 0 Å². The van der Waals surface area contributed by atoms with E-state index in [4.69, 9.17) is 19.9 Å². The van der Waals surface area contributed by atoms with Crippen molar-refractivity contribution in [3.05, 3.63) is 146 Å². The van der Waals surface area contributed by atoms with Gasteiger partial charge in [0.2, 0.25) is 0 Å². The van der Waals surface area contributed by atoms with Gasteiger partial charge < -0.3 is 0 Å². The molecule has 0 radical (unpaired) electrons. The van der Waals surface area contributed by atoms with Gasteiger partial charge in [-0.2, -0.15) is 0 Å². The summed E-state index contributed by atoms with van der Waals surface area (Å²) < 4.78 is 0. The van der Waals surface area contributed by atoms with Gasteiger partial charge in [0.05, 0.1) is 33.5 Å². The maximum absolute atomic E-state index is 5.25. The van der Waals surface area contributed by atoms with Crippen molar-refractivity contribution in [3.63, 3.8) is 0 Å². The molecule has 4 nitrogen and oxygen atoms in total. The first-order chi connectivity index (χ1) is 22.8. The zero-order chi connectivity index (χ0) is 30.2. The van der Waals surface area contributed by atoms with Crippen LogP contribution in [0.2, 0.25) is 0 Å². The Morgan fingerprint density at radius 2 is 0.739 bits per heavy atom. The largest absolute Gasteiger partial charge is 0.254 e. The Bertz CT molecular complexity index is 2680. The fourth-order valence-corrected chi connectivity index (χ4v) is 7.15. The molecule has 0 aliphatic rings. The summed E-state index contributed by atoms with van der Waals surface area (Å²) in [6.07, 6.45) is 3.68. The van der Waals surface area contributed by atoms with Gasteiger partial charge in [-0.1, -0.05) is 97.1 Å². The lowest BCUT2D eigenvalue weighted by Crippen LogP contribution is -1.93. The van der Waals surface area contributed by atoms with Crippen LogP contribution in [-0.2, 0) is 0 Å². The fourth-order valence-electron chi connectivity index (χ4n) is 7.15. The quantitative estimate of drug-likeness (QED) is 0.190. The van der Waals surface area contributed by atoms with Crippen molar-refractivity contribution < 1.29 is 0 Å². The van der Waals surface area contributed by atoms with Crippen LogP contribution in [0.3, 0.4) is 0 Å². The van der Waals surface area contributed by atoms with Crippen molar-refractivity contribution in [3.8, 4) is 22.5 Å². The Labute approximate surface area is 263 Å². The Hall–Kier alpha value is -6.26. The second-order valence-electron chi connectivity index (χ2n) is 11.9. The van der Waals surface area contributed by atoms with Crippen LogP contribution in [0.15, 0.2) is 146 Å². The van der Waals surface area contributed by atoms with Crippen molar-refractivity contribution in [1.82, 2.24) is 19.9 Å². The van der Waals surface area contributed by atoms with E-state index in [0.29, 0.717) is 0 Å². The van der Waals surface area contributed by atoms with Crippen LogP contribution < -0.4 is 0 Å². The van der Waals surface area contributed by atoms with Crippen molar-refractivity contribution in [2.45, 2.75) is 0 Å². The van der Waals surface area contributed by atoms with Gasteiger partial charge >= 0.3 is 0 Å². The summed E-state index contributed by atoms with van der Waals surface area (Å²) in [7, 11) is 0. The maximum Gasteiger partial charge on any atom is 0.0972 e. The second kappa shape index (κ2) is 9.62. The van der Waals surface area contributed by atoms with Crippen LogP contribution in [0, 0.1) is 0 Å². The number of hydrogen-bond donors (Lipinski definition) is 0. The molecule has 10 rings (SSSR count). The number of hydrogen-bond acceptors (Lipinski definition) is 4. The molecular formula is C42H24N4. The smallest absolute Gasteiger partial charge is 0.0972 e. The molecule has 0 unspecified atom stereocenters. The molecular weight excluding hydrogens is 560 g/mol. The molecule has 0 aliphatic carbocycles. The van der Waals surface area contributed by atoms with Crippen molar-refractivity contribution in [2.24, 2.45) is 0 Å². The molecule has 46 heavy (non-hydrogen) atoms. The third-order valence-electron chi connectivity index (χ3n) is 9.28. The topological polar surface area (TPSA) is 51.6 Å². The molecule has 0 N–H and O–H groups in total. The molecule has 0 bridgehead atoms. The molecule has 0 fully saturated rings. The van der Waals surface area contributed by atoms with Crippen LogP contribution in [0.4, 0.5) is 0 Å². The lowest BCUT2D eigenvalue weighted by Gasteiger charge is -2.16. The minimum atomic E-state index is 0.917. The molecule has 10 aromatic rings. The number of fused-ring (bicyclic) bond motifs is 11. The SMILES string of the molecule is c1cnc2c(c1)ccc1ccc(-c3cc4cc(-c5ccc6ccc7cccnc7c6n5)c5ccccc5c4c4ccccc34)nc12. The van der Waals surface area contributed by atoms with E-state index < -0.39 is 0 Å². The Morgan fingerprint density at radius 1 is 0.326 bits per heavy atom. The van der Waals surface area contributed by atoms with Gasteiger partial charge in [0.25, 0.3) is 0 Å². The van der Waals surface area contributed by atoms with Gasteiger partial charge in [-0.15, -0.1) is 0 Å². The summed E-state index contributed by atoms with van der Waals surface area (Å²) in [4.78, 5) is 19.9. The third-order valence-corrected chi connectivity index (χ3v) is 9.28. The predicted octanol–water partition coefficient (Wildman–Crippen LogP) is 10.7. The van der Waals surface area contributed by atoms with Crippen LogP contribution in [-0.4, -0.2) is 19.9 Å². The molecule has 4 aromatic heterocycles. The van der Waals surface area contributed by atoms with E-state index in [0.717, 1.165) is 71.5 Å². The van der Waals surface area contributed by atoms with E-state index in [1.54, 1.807) is 0 Å². The monoisotopic (exact) mass is 584 g/mol. The van der Waals surface area contributed by atoms with Crippen LogP contribution in [0.5, 0.6) is 0 Å². The molecule has 0 saturated heterocycles. The fraction of sp³-hybridized carbons (Fsp3) is 0. The molecule has 212 valence electrons. The highest BCUT2D eigenvalue weighted by atomic mass is 14.8.